The molecular formula is C10H12N2O. The standard InChI is InChI=1S/C10H12N2O/c11-6-5-9-7-12-10(13-9)8-3-1-2-4-8/h7-8H,1-5H2. The molecule has 0 spiro atoms. The highest BCUT2D eigenvalue weighted by Gasteiger charge is 2.21. The van der Waals surface area contributed by atoms with E-state index in [0.717, 1.165) is 5.89 Å². The maximum atomic E-state index is 8.46. The van der Waals surface area contributed by atoms with E-state index >= 15 is 0 Å². The van der Waals surface area contributed by atoms with Gasteiger partial charge in [0.1, 0.15) is 5.76 Å². The number of nitriles is 1. The topological polar surface area (TPSA) is 49.8 Å². The molecule has 1 aromatic rings. The predicted octanol–water partition coefficient (Wildman–Crippen LogP) is 2.40. The number of rotatable bonds is 2. The molecule has 0 aromatic carbocycles. The monoisotopic (exact) mass is 176 g/mol. The van der Waals surface area contributed by atoms with Crippen molar-refractivity contribution in [1.82, 2.24) is 4.98 Å². The number of hydrogen-bond acceptors (Lipinski definition) is 3. The van der Waals surface area contributed by atoms with Crippen LogP contribution in [-0.4, -0.2) is 4.98 Å². The van der Waals surface area contributed by atoms with Gasteiger partial charge in [-0.15, -0.1) is 0 Å². The molecule has 1 saturated carbocycles. The van der Waals surface area contributed by atoms with E-state index in [-0.39, 0.29) is 0 Å². The summed E-state index contributed by atoms with van der Waals surface area (Å²) in [5.74, 6) is 2.04. The van der Waals surface area contributed by atoms with Crippen LogP contribution in [0.3, 0.4) is 0 Å². The van der Waals surface area contributed by atoms with E-state index in [4.69, 9.17) is 9.68 Å². The van der Waals surface area contributed by atoms with Crippen LogP contribution < -0.4 is 0 Å². The van der Waals surface area contributed by atoms with Gasteiger partial charge in [-0.2, -0.15) is 5.26 Å². The average Bonchev–Trinajstić information content (AvgIpc) is 2.70. The summed E-state index contributed by atoms with van der Waals surface area (Å²) in [6, 6.07) is 2.05. The number of oxazole rings is 1. The quantitative estimate of drug-likeness (QED) is 0.695. The van der Waals surface area contributed by atoms with Gasteiger partial charge in [-0.05, 0) is 12.8 Å². The first kappa shape index (κ1) is 8.31. The summed E-state index contributed by atoms with van der Waals surface area (Å²) in [7, 11) is 0. The average molecular weight is 176 g/mol. The van der Waals surface area contributed by atoms with Crippen molar-refractivity contribution in [2.45, 2.75) is 38.0 Å². The molecule has 1 aromatic heterocycles. The van der Waals surface area contributed by atoms with Gasteiger partial charge in [0.2, 0.25) is 0 Å². The number of hydrogen-bond donors (Lipinski definition) is 0. The predicted molar refractivity (Wildman–Crippen MR) is 47.0 cm³/mol. The Kier molecular flexibility index (Phi) is 2.31. The Bertz CT molecular complexity index is 318. The molecule has 0 amide bonds. The molecule has 68 valence electrons. The van der Waals surface area contributed by atoms with Crippen LogP contribution in [-0.2, 0) is 6.42 Å². The Balaban J connectivity index is 2.08. The molecule has 0 N–H and O–H groups in total. The van der Waals surface area contributed by atoms with Gasteiger partial charge >= 0.3 is 0 Å². The van der Waals surface area contributed by atoms with Gasteiger partial charge in [-0.1, -0.05) is 12.8 Å². The Morgan fingerprint density at radius 2 is 2.31 bits per heavy atom. The van der Waals surface area contributed by atoms with E-state index in [0.29, 0.717) is 18.1 Å². The first-order valence-corrected chi connectivity index (χ1v) is 4.71. The van der Waals surface area contributed by atoms with Crippen LogP contribution in [0.1, 0.15) is 43.3 Å². The smallest absolute Gasteiger partial charge is 0.197 e. The van der Waals surface area contributed by atoms with Crippen LogP contribution in [0.5, 0.6) is 0 Å². The second-order valence-corrected chi connectivity index (χ2v) is 3.48. The summed E-state index contributed by atoms with van der Waals surface area (Å²) in [4.78, 5) is 4.20. The van der Waals surface area contributed by atoms with Crippen LogP contribution >= 0.6 is 0 Å². The number of nitrogens with zero attached hydrogens (tertiary/aromatic N) is 2. The molecule has 13 heavy (non-hydrogen) atoms. The summed E-state index contributed by atoms with van der Waals surface area (Å²) in [6.07, 6.45) is 6.94. The second kappa shape index (κ2) is 3.61. The van der Waals surface area contributed by atoms with E-state index in [1.165, 1.54) is 25.7 Å². The van der Waals surface area contributed by atoms with Gasteiger partial charge < -0.3 is 4.42 Å². The van der Waals surface area contributed by atoms with Crippen molar-refractivity contribution in [3.8, 4) is 6.07 Å². The van der Waals surface area contributed by atoms with Gasteiger partial charge in [0.25, 0.3) is 0 Å². The maximum absolute atomic E-state index is 8.46. The van der Waals surface area contributed by atoms with Crippen molar-refractivity contribution < 1.29 is 4.42 Å². The van der Waals surface area contributed by atoms with E-state index < -0.39 is 0 Å². The summed E-state index contributed by atoms with van der Waals surface area (Å²) in [5.41, 5.74) is 0. The molecule has 2 rings (SSSR count). The minimum atomic E-state index is 0.333. The molecule has 1 fully saturated rings. The summed E-state index contributed by atoms with van der Waals surface area (Å²) in [6.45, 7) is 0. The fraction of sp³-hybridized carbons (Fsp3) is 0.600. The largest absolute Gasteiger partial charge is 0.444 e. The highest BCUT2D eigenvalue weighted by atomic mass is 16.4. The van der Waals surface area contributed by atoms with Crippen LogP contribution in [0.2, 0.25) is 0 Å². The van der Waals surface area contributed by atoms with E-state index in [9.17, 15) is 0 Å². The minimum absolute atomic E-state index is 0.333. The summed E-state index contributed by atoms with van der Waals surface area (Å²) < 4.78 is 5.47. The van der Waals surface area contributed by atoms with E-state index in [1.807, 2.05) is 0 Å². The van der Waals surface area contributed by atoms with Crippen LogP contribution in [0.25, 0.3) is 0 Å². The molecule has 1 aliphatic carbocycles. The molecule has 0 unspecified atom stereocenters. The molecule has 3 nitrogen and oxygen atoms in total. The molecule has 0 saturated heterocycles. The van der Waals surface area contributed by atoms with Crippen molar-refractivity contribution in [3.05, 3.63) is 17.8 Å². The van der Waals surface area contributed by atoms with Crippen LogP contribution in [0.15, 0.2) is 10.6 Å². The summed E-state index contributed by atoms with van der Waals surface area (Å²) in [5, 5.41) is 8.46. The fourth-order valence-corrected chi connectivity index (χ4v) is 1.84. The third kappa shape index (κ3) is 1.72. The molecule has 0 aliphatic heterocycles. The second-order valence-electron chi connectivity index (χ2n) is 3.48. The Hall–Kier alpha value is -1.30. The van der Waals surface area contributed by atoms with Crippen molar-refractivity contribution in [3.63, 3.8) is 0 Å². The van der Waals surface area contributed by atoms with Crippen molar-refractivity contribution in [2.24, 2.45) is 0 Å². The molecule has 3 heteroatoms. The Morgan fingerprint density at radius 3 is 3.00 bits per heavy atom. The lowest BCUT2D eigenvalue weighted by Gasteiger charge is -2.01. The van der Waals surface area contributed by atoms with E-state index in [1.54, 1.807) is 6.20 Å². The lowest BCUT2D eigenvalue weighted by molar-refractivity contribution is 0.426. The molecule has 1 heterocycles. The third-order valence-corrected chi connectivity index (χ3v) is 2.53. The number of aromatic nitrogens is 1. The summed E-state index contributed by atoms with van der Waals surface area (Å²) >= 11 is 0. The van der Waals surface area contributed by atoms with Gasteiger partial charge in [-0.25, -0.2) is 4.98 Å². The Labute approximate surface area is 77.4 Å². The van der Waals surface area contributed by atoms with Gasteiger partial charge in [0.15, 0.2) is 5.89 Å². The highest BCUT2D eigenvalue weighted by Crippen LogP contribution is 2.33. The fourth-order valence-electron chi connectivity index (χ4n) is 1.84. The van der Waals surface area contributed by atoms with Crippen LogP contribution in [0, 0.1) is 11.3 Å². The van der Waals surface area contributed by atoms with Gasteiger partial charge in [0, 0.05) is 5.92 Å². The van der Waals surface area contributed by atoms with Gasteiger partial charge in [0.05, 0.1) is 18.7 Å². The zero-order valence-corrected chi connectivity index (χ0v) is 7.49. The first-order chi connectivity index (χ1) is 6.40. The lowest BCUT2D eigenvalue weighted by atomic mass is 10.1. The SMILES string of the molecule is N#CCc1cnc(C2CCCC2)o1. The molecule has 0 radical (unpaired) electrons. The van der Waals surface area contributed by atoms with Gasteiger partial charge in [-0.3, -0.25) is 0 Å². The lowest BCUT2D eigenvalue weighted by Crippen LogP contribution is -1.90. The third-order valence-electron chi connectivity index (χ3n) is 2.53. The molecular weight excluding hydrogens is 164 g/mol. The molecule has 1 aliphatic rings. The first-order valence-electron chi connectivity index (χ1n) is 4.71. The van der Waals surface area contributed by atoms with E-state index in [2.05, 4.69) is 11.1 Å². The van der Waals surface area contributed by atoms with Crippen molar-refractivity contribution in [1.29, 1.82) is 5.26 Å². The highest BCUT2D eigenvalue weighted by molar-refractivity contribution is 5.04. The van der Waals surface area contributed by atoms with Crippen molar-refractivity contribution in [2.75, 3.05) is 0 Å². The normalized spacial score (nSPS) is 17.5. The molecule has 0 bridgehead atoms. The van der Waals surface area contributed by atoms with Crippen molar-refractivity contribution >= 4 is 0 Å². The maximum Gasteiger partial charge on any atom is 0.197 e. The van der Waals surface area contributed by atoms with Crippen LogP contribution in [0.4, 0.5) is 0 Å². The zero-order valence-electron chi connectivity index (χ0n) is 7.49. The molecule has 0 atom stereocenters. The minimum Gasteiger partial charge on any atom is -0.444 e. The zero-order chi connectivity index (χ0) is 9.10. The Morgan fingerprint density at radius 1 is 1.54 bits per heavy atom.